The summed E-state index contributed by atoms with van der Waals surface area (Å²) in [6, 6.07) is 22.1. The van der Waals surface area contributed by atoms with E-state index in [-0.39, 0.29) is 60.8 Å². The predicted molar refractivity (Wildman–Crippen MR) is 190 cm³/mol. The quantitative estimate of drug-likeness (QED) is 0.272. The minimum absolute atomic E-state index is 0. The van der Waals surface area contributed by atoms with Crippen molar-refractivity contribution in [2.24, 2.45) is 5.41 Å². The Morgan fingerprint density at radius 3 is 2.10 bits per heavy atom. The van der Waals surface area contributed by atoms with Crippen LogP contribution in [0.25, 0.3) is 0 Å². The summed E-state index contributed by atoms with van der Waals surface area (Å²) in [6.45, 7) is 13.6. The maximum absolute atomic E-state index is 13.7. The van der Waals surface area contributed by atoms with E-state index < -0.39 is 5.41 Å². The largest absolute Gasteiger partial charge is 0.481 e. The van der Waals surface area contributed by atoms with Gasteiger partial charge in [0, 0.05) is 57.3 Å². The maximum atomic E-state index is 13.7. The molecule has 1 aromatic heterocycles. The lowest BCUT2D eigenvalue weighted by molar-refractivity contribution is -0.173. The number of aromatic nitrogens is 2. The standard InChI is InChI=1S/C36H47N5O5.2ClH/c1-6-45-35-37-32(43-5)29(33(38-35)46-25(2)3)21-39-19-28-20-40(34(42)36(4)23-44-24-36)17-18-41(28)30(22-39)31(26-13-9-7-10-14-26)27-15-11-8-12-16-27;;/h7-16,25,28,30-31H,6,17-24H2,1-5H3;2*1H. The molecule has 1 amide bonds. The van der Waals surface area contributed by atoms with Crippen molar-refractivity contribution in [2.45, 2.75) is 58.3 Å². The number of hydrogen-bond donors (Lipinski definition) is 0. The number of nitrogens with zero attached hydrogens (tertiary/aromatic N) is 5. The molecule has 0 N–H and O–H groups in total. The first kappa shape index (κ1) is 37.7. The third-order valence-corrected chi connectivity index (χ3v) is 9.32. The van der Waals surface area contributed by atoms with Gasteiger partial charge >= 0.3 is 6.01 Å². The Hall–Kier alpha value is -3.15. The van der Waals surface area contributed by atoms with Gasteiger partial charge in [-0.05, 0) is 38.8 Å². The van der Waals surface area contributed by atoms with Crippen molar-refractivity contribution in [2.75, 3.05) is 59.7 Å². The SMILES string of the molecule is CCOc1nc(OC)c(CN2CC3CN(C(=O)C4(C)COC4)CCN3C(C(c3ccccc3)c3ccccc3)C2)c(OC(C)C)n1.Cl.Cl. The van der Waals surface area contributed by atoms with Crippen LogP contribution in [0.15, 0.2) is 60.7 Å². The molecule has 0 radical (unpaired) electrons. The van der Waals surface area contributed by atoms with Crippen LogP contribution in [0.5, 0.6) is 17.8 Å². The summed E-state index contributed by atoms with van der Waals surface area (Å²) in [7, 11) is 1.62. The molecule has 0 bridgehead atoms. The Labute approximate surface area is 296 Å². The monoisotopic (exact) mass is 701 g/mol. The summed E-state index contributed by atoms with van der Waals surface area (Å²) >= 11 is 0. The fraction of sp³-hybridized carbons (Fsp3) is 0.528. The zero-order valence-electron chi connectivity index (χ0n) is 28.5. The van der Waals surface area contributed by atoms with Gasteiger partial charge in [0.05, 0.1) is 44.0 Å². The van der Waals surface area contributed by atoms with E-state index in [1.54, 1.807) is 7.11 Å². The average molecular weight is 703 g/mol. The fourth-order valence-electron chi connectivity index (χ4n) is 7.16. The molecule has 3 aromatic rings. The van der Waals surface area contributed by atoms with Gasteiger partial charge in [0.15, 0.2) is 0 Å². The molecule has 48 heavy (non-hydrogen) atoms. The van der Waals surface area contributed by atoms with Crippen molar-refractivity contribution in [3.05, 3.63) is 77.4 Å². The molecule has 2 atom stereocenters. The van der Waals surface area contributed by atoms with Crippen LogP contribution in [0.4, 0.5) is 0 Å². The first-order valence-electron chi connectivity index (χ1n) is 16.5. The maximum Gasteiger partial charge on any atom is 0.323 e. The number of hydrogen-bond acceptors (Lipinski definition) is 9. The van der Waals surface area contributed by atoms with Gasteiger partial charge in [-0.25, -0.2) is 0 Å². The summed E-state index contributed by atoms with van der Waals surface area (Å²) < 4.78 is 23.2. The minimum Gasteiger partial charge on any atom is -0.481 e. The highest BCUT2D eigenvalue weighted by Crippen LogP contribution is 2.38. The number of halogens is 2. The van der Waals surface area contributed by atoms with Gasteiger partial charge in [-0.15, -0.1) is 24.8 Å². The molecule has 3 fully saturated rings. The lowest BCUT2D eigenvalue weighted by Crippen LogP contribution is -2.68. The number of carbonyl (C=O) groups is 1. The van der Waals surface area contributed by atoms with Crippen LogP contribution in [0.3, 0.4) is 0 Å². The van der Waals surface area contributed by atoms with Gasteiger partial charge in [-0.1, -0.05) is 60.7 Å². The Kier molecular flexibility index (Phi) is 12.9. The van der Waals surface area contributed by atoms with Crippen molar-refractivity contribution >= 4 is 30.7 Å². The van der Waals surface area contributed by atoms with Gasteiger partial charge in [0.1, 0.15) is 0 Å². The van der Waals surface area contributed by atoms with E-state index in [1.807, 2.05) is 27.7 Å². The number of fused-ring (bicyclic) bond motifs is 1. The topological polar surface area (TPSA) is 89.5 Å². The molecular weight excluding hydrogens is 653 g/mol. The van der Waals surface area contributed by atoms with Crippen LogP contribution in [0.1, 0.15) is 50.3 Å². The number of amides is 1. The average Bonchev–Trinajstić information content (AvgIpc) is 3.05. The molecular formula is C36H49Cl2N5O5. The number of rotatable bonds is 11. The first-order chi connectivity index (χ1) is 22.3. The summed E-state index contributed by atoms with van der Waals surface area (Å²) in [5.41, 5.74) is 2.93. The molecule has 10 nitrogen and oxygen atoms in total. The smallest absolute Gasteiger partial charge is 0.323 e. The summed E-state index contributed by atoms with van der Waals surface area (Å²) in [6.07, 6.45) is -0.0901. The second-order valence-corrected chi connectivity index (χ2v) is 13.2. The summed E-state index contributed by atoms with van der Waals surface area (Å²) in [5, 5.41) is 0. The molecule has 0 aliphatic carbocycles. The van der Waals surface area contributed by atoms with Crippen LogP contribution >= 0.6 is 24.8 Å². The van der Waals surface area contributed by atoms with Crippen LogP contribution in [-0.4, -0.2) is 108 Å². The molecule has 6 rings (SSSR count). The molecule has 0 spiro atoms. The van der Waals surface area contributed by atoms with E-state index in [9.17, 15) is 4.79 Å². The Morgan fingerprint density at radius 2 is 1.56 bits per heavy atom. The number of benzene rings is 2. The number of ether oxygens (including phenoxy) is 4. The van der Waals surface area contributed by atoms with Crippen molar-refractivity contribution in [3.8, 4) is 17.8 Å². The molecule has 3 saturated heterocycles. The molecule has 2 unspecified atom stereocenters. The van der Waals surface area contributed by atoms with E-state index in [4.69, 9.17) is 18.9 Å². The second-order valence-electron chi connectivity index (χ2n) is 13.2. The van der Waals surface area contributed by atoms with Gasteiger partial charge in [0.2, 0.25) is 17.7 Å². The number of piperazine rings is 2. The fourth-order valence-corrected chi connectivity index (χ4v) is 7.16. The third kappa shape index (κ3) is 8.00. The molecule has 262 valence electrons. The summed E-state index contributed by atoms with van der Waals surface area (Å²) in [4.78, 5) is 30.1. The number of methoxy groups -OCH3 is 1. The zero-order chi connectivity index (χ0) is 32.3. The Morgan fingerprint density at radius 1 is 0.938 bits per heavy atom. The lowest BCUT2D eigenvalue weighted by atomic mass is 9.81. The van der Waals surface area contributed by atoms with Crippen LogP contribution < -0.4 is 14.2 Å². The van der Waals surface area contributed by atoms with Crippen molar-refractivity contribution in [1.82, 2.24) is 24.7 Å². The molecule has 2 aromatic carbocycles. The normalized spacial score (nSPS) is 20.6. The zero-order valence-corrected chi connectivity index (χ0v) is 30.2. The van der Waals surface area contributed by atoms with E-state index in [1.165, 1.54) is 11.1 Å². The lowest BCUT2D eigenvalue weighted by Gasteiger charge is -2.54. The van der Waals surface area contributed by atoms with Crippen LogP contribution in [0.2, 0.25) is 0 Å². The molecule has 0 saturated carbocycles. The van der Waals surface area contributed by atoms with Crippen LogP contribution in [0, 0.1) is 5.41 Å². The van der Waals surface area contributed by atoms with Gasteiger partial charge in [-0.2, -0.15) is 9.97 Å². The number of carbonyl (C=O) groups excluding carboxylic acids is 1. The minimum atomic E-state index is -0.428. The molecule has 3 aliphatic heterocycles. The van der Waals surface area contributed by atoms with E-state index in [0.29, 0.717) is 51.2 Å². The molecule has 3 aliphatic rings. The van der Waals surface area contributed by atoms with E-state index in [0.717, 1.165) is 25.2 Å². The Bertz CT molecular complexity index is 1440. The summed E-state index contributed by atoms with van der Waals surface area (Å²) in [5.74, 6) is 1.26. The van der Waals surface area contributed by atoms with Gasteiger partial charge in [-0.3, -0.25) is 14.6 Å². The second kappa shape index (κ2) is 16.5. The van der Waals surface area contributed by atoms with Gasteiger partial charge < -0.3 is 23.8 Å². The van der Waals surface area contributed by atoms with Crippen molar-refractivity contribution in [3.63, 3.8) is 0 Å². The third-order valence-electron chi connectivity index (χ3n) is 9.32. The van der Waals surface area contributed by atoms with Crippen molar-refractivity contribution < 1.29 is 23.7 Å². The Balaban J connectivity index is 0.00000260. The van der Waals surface area contributed by atoms with Crippen molar-refractivity contribution in [1.29, 1.82) is 0 Å². The molecule has 4 heterocycles. The molecule has 12 heteroatoms. The van der Waals surface area contributed by atoms with Gasteiger partial charge in [0.25, 0.3) is 0 Å². The first-order valence-corrected chi connectivity index (χ1v) is 16.5. The van der Waals surface area contributed by atoms with E-state index >= 15 is 0 Å². The highest BCUT2D eigenvalue weighted by atomic mass is 35.5. The highest BCUT2D eigenvalue weighted by Gasteiger charge is 2.48. The predicted octanol–water partition coefficient (Wildman–Crippen LogP) is 5.08. The van der Waals surface area contributed by atoms with Crippen LogP contribution in [-0.2, 0) is 16.1 Å². The van der Waals surface area contributed by atoms with E-state index in [2.05, 4.69) is 85.3 Å². The highest BCUT2D eigenvalue weighted by molar-refractivity contribution is 5.85.